The Bertz CT molecular complexity index is 1730. The third-order valence-electron chi connectivity index (χ3n) is 6.97. The number of aliphatic hydroxyl groups excluding tert-OH is 1. The molecule has 0 saturated carbocycles. The molecule has 3 aromatic carbocycles. The van der Waals surface area contributed by atoms with Crippen molar-refractivity contribution < 1.29 is 43.3 Å². The maximum absolute atomic E-state index is 12.5. The summed E-state index contributed by atoms with van der Waals surface area (Å²) >= 11 is 2.12. The van der Waals surface area contributed by atoms with E-state index >= 15 is 0 Å². The molecule has 260 valence electrons. The molecule has 3 aromatic rings. The molecule has 0 aromatic heterocycles. The fourth-order valence-electron chi connectivity index (χ4n) is 4.75. The number of benzene rings is 3. The molecule has 1 aliphatic rings. The van der Waals surface area contributed by atoms with Crippen LogP contribution in [0.1, 0.15) is 43.5 Å². The van der Waals surface area contributed by atoms with Crippen molar-refractivity contribution >= 4 is 46.5 Å². The fraction of sp³-hybridized carbons (Fsp3) is 0.303. The number of rotatable bonds is 16. The van der Waals surface area contributed by atoms with Crippen LogP contribution in [0.3, 0.4) is 0 Å². The molecular weight excluding hydrogens is 753 g/mol. The van der Waals surface area contributed by atoms with Crippen LogP contribution in [0.4, 0.5) is 10.5 Å². The molecule has 1 heterocycles. The number of nitro benzene ring substituents is 1. The molecular formula is C33H36IN5O10. The summed E-state index contributed by atoms with van der Waals surface area (Å²) in [5.41, 5.74) is 5.25. The van der Waals surface area contributed by atoms with E-state index in [1.165, 1.54) is 25.5 Å². The first-order valence-electron chi connectivity index (χ1n) is 15.1. The third kappa shape index (κ3) is 9.73. The number of halogens is 1. The number of esters is 1. The van der Waals surface area contributed by atoms with Crippen LogP contribution in [0.25, 0.3) is 0 Å². The molecule has 15 nitrogen and oxygen atoms in total. The molecule has 0 spiro atoms. The van der Waals surface area contributed by atoms with Crippen molar-refractivity contribution in [3.8, 4) is 23.0 Å². The summed E-state index contributed by atoms with van der Waals surface area (Å²) in [5.74, 6) is 1.10. The van der Waals surface area contributed by atoms with E-state index in [1.807, 2.05) is 13.0 Å². The Morgan fingerprint density at radius 1 is 1.06 bits per heavy atom. The number of nitro groups is 1. The largest absolute Gasteiger partial charge is 0.490 e. The van der Waals surface area contributed by atoms with E-state index < -0.39 is 29.2 Å². The number of non-ortho nitro benzene ring substituents is 1. The highest BCUT2D eigenvalue weighted by molar-refractivity contribution is 14.1. The lowest BCUT2D eigenvalue weighted by molar-refractivity contribution is -0.384. The van der Waals surface area contributed by atoms with Crippen LogP contribution in [0.5, 0.6) is 23.0 Å². The number of methoxy groups -OCH3 is 1. The zero-order valence-electron chi connectivity index (χ0n) is 27.2. The number of hydrogen-bond donors (Lipinski definition) is 4. The van der Waals surface area contributed by atoms with E-state index in [0.717, 1.165) is 9.13 Å². The molecule has 16 heteroatoms. The van der Waals surface area contributed by atoms with Crippen LogP contribution >= 0.6 is 22.6 Å². The quantitative estimate of drug-likeness (QED) is 0.0393. The average Bonchev–Trinajstić information content (AvgIpc) is 3.07. The smallest absolute Gasteiger partial charge is 0.337 e. The second kappa shape index (κ2) is 17.3. The SMILES string of the molecule is CCOc1cc([C@@H]2NC(=O)NC(C)=C2C(=O)OC)ccc1OC[C@H](O)N/N=C/c1cc(I)c(OCc2ccc([N+](=O)[O-])cc2)c(OCC)c1. The van der Waals surface area contributed by atoms with Gasteiger partial charge in [0.25, 0.3) is 5.69 Å². The number of allylic oxidation sites excluding steroid dienone is 1. The van der Waals surface area contributed by atoms with Crippen molar-refractivity contribution in [3.05, 3.63) is 96.2 Å². The minimum Gasteiger partial charge on any atom is -0.490 e. The highest BCUT2D eigenvalue weighted by Crippen LogP contribution is 2.36. The number of urea groups is 1. The molecule has 49 heavy (non-hydrogen) atoms. The highest BCUT2D eigenvalue weighted by Gasteiger charge is 2.32. The lowest BCUT2D eigenvalue weighted by Crippen LogP contribution is -2.45. The first-order chi connectivity index (χ1) is 23.5. The molecule has 2 amide bonds. The van der Waals surface area contributed by atoms with Gasteiger partial charge in [0.15, 0.2) is 29.2 Å². The molecule has 0 bridgehead atoms. The van der Waals surface area contributed by atoms with E-state index in [2.05, 4.69) is 43.8 Å². The summed E-state index contributed by atoms with van der Waals surface area (Å²) in [6, 6.07) is 13.4. The van der Waals surface area contributed by atoms with Gasteiger partial charge in [0.1, 0.15) is 13.2 Å². The van der Waals surface area contributed by atoms with Crippen molar-refractivity contribution in [3.63, 3.8) is 0 Å². The Labute approximate surface area is 295 Å². The standard InChI is InChI=1S/C33H36IN5O10/c1-5-46-26-15-22(30-29(32(41)45-4)19(3)36-33(42)37-30)9-12-25(26)48-18-28(40)38-35-16-21-13-24(34)31(27(14-21)47-6-2)49-17-20-7-10-23(11-8-20)39(43)44/h7-16,28,30,38,40H,5-6,17-18H2,1-4H3,(H2,36,37,42)/b35-16+/t28-,30-/m0/s1. The Morgan fingerprint density at radius 3 is 2.45 bits per heavy atom. The van der Waals surface area contributed by atoms with E-state index in [1.54, 1.807) is 50.2 Å². The van der Waals surface area contributed by atoms with Crippen LogP contribution in [-0.4, -0.2) is 61.4 Å². The summed E-state index contributed by atoms with van der Waals surface area (Å²) in [6.07, 6.45) is 0.316. The van der Waals surface area contributed by atoms with Gasteiger partial charge in [0.2, 0.25) is 0 Å². The predicted octanol–water partition coefficient (Wildman–Crippen LogP) is 4.70. The number of hydrazone groups is 1. The maximum atomic E-state index is 12.5. The summed E-state index contributed by atoms with van der Waals surface area (Å²) in [4.78, 5) is 35.1. The van der Waals surface area contributed by atoms with Gasteiger partial charge >= 0.3 is 12.0 Å². The summed E-state index contributed by atoms with van der Waals surface area (Å²) in [5, 5.41) is 30.9. The number of nitrogens with one attached hydrogen (secondary N) is 3. The summed E-state index contributed by atoms with van der Waals surface area (Å²) in [6.45, 7) is 5.95. The number of carbonyl (C=O) groups excluding carboxylic acids is 2. The molecule has 2 atom stereocenters. The minimum atomic E-state index is -1.19. The van der Waals surface area contributed by atoms with Crippen molar-refractivity contribution in [1.82, 2.24) is 16.1 Å². The van der Waals surface area contributed by atoms with Gasteiger partial charge in [0.05, 0.1) is 46.6 Å². The van der Waals surface area contributed by atoms with Crippen molar-refractivity contribution in [2.24, 2.45) is 5.10 Å². The monoisotopic (exact) mass is 789 g/mol. The number of amides is 2. The van der Waals surface area contributed by atoms with Crippen LogP contribution in [0, 0.1) is 13.7 Å². The predicted molar refractivity (Wildman–Crippen MR) is 187 cm³/mol. The third-order valence-corrected chi connectivity index (χ3v) is 7.77. The van der Waals surface area contributed by atoms with Gasteiger partial charge in [-0.15, -0.1) is 0 Å². The average molecular weight is 790 g/mol. The lowest BCUT2D eigenvalue weighted by Gasteiger charge is -2.28. The highest BCUT2D eigenvalue weighted by atomic mass is 127. The van der Waals surface area contributed by atoms with Gasteiger partial charge in [-0.05, 0) is 96.5 Å². The molecule has 0 fully saturated rings. The van der Waals surface area contributed by atoms with Crippen LogP contribution in [0.2, 0.25) is 0 Å². The lowest BCUT2D eigenvalue weighted by atomic mass is 9.95. The molecule has 0 saturated heterocycles. The number of ether oxygens (including phenoxy) is 5. The molecule has 0 radical (unpaired) electrons. The Hall–Kier alpha value is -5.10. The molecule has 1 aliphatic heterocycles. The summed E-state index contributed by atoms with van der Waals surface area (Å²) < 4.78 is 29.0. The van der Waals surface area contributed by atoms with Gasteiger partial charge in [-0.3, -0.25) is 15.5 Å². The zero-order chi connectivity index (χ0) is 35.5. The maximum Gasteiger partial charge on any atom is 0.337 e. The first kappa shape index (κ1) is 36.7. The van der Waals surface area contributed by atoms with Crippen molar-refractivity contribution in [1.29, 1.82) is 0 Å². The Morgan fingerprint density at radius 2 is 1.78 bits per heavy atom. The molecule has 0 aliphatic carbocycles. The molecule has 4 N–H and O–H groups in total. The number of nitrogens with zero attached hydrogens (tertiary/aromatic N) is 2. The molecule has 4 rings (SSSR count). The first-order valence-corrected chi connectivity index (χ1v) is 16.2. The van der Waals surface area contributed by atoms with Crippen LogP contribution in [-0.2, 0) is 16.1 Å². The number of hydrogen-bond acceptors (Lipinski definition) is 12. The zero-order valence-corrected chi connectivity index (χ0v) is 29.3. The van der Waals surface area contributed by atoms with Crippen molar-refractivity contribution in [2.45, 2.75) is 39.6 Å². The van der Waals surface area contributed by atoms with Crippen LogP contribution in [0.15, 0.2) is 71.0 Å². The van der Waals surface area contributed by atoms with E-state index in [9.17, 15) is 24.8 Å². The van der Waals surface area contributed by atoms with E-state index in [-0.39, 0.29) is 24.5 Å². The normalized spacial score (nSPS) is 14.8. The van der Waals surface area contributed by atoms with Gasteiger partial charge in [-0.25, -0.2) is 9.59 Å². The topological polar surface area (TPSA) is 192 Å². The fourth-order valence-corrected chi connectivity index (χ4v) is 5.54. The van der Waals surface area contributed by atoms with E-state index in [0.29, 0.717) is 53.0 Å². The van der Waals surface area contributed by atoms with Crippen LogP contribution < -0.4 is 35.0 Å². The number of carbonyl (C=O) groups is 2. The minimum absolute atomic E-state index is 0.00116. The second-order valence-electron chi connectivity index (χ2n) is 10.4. The van der Waals surface area contributed by atoms with Crippen molar-refractivity contribution in [2.75, 3.05) is 26.9 Å². The Balaban J connectivity index is 1.39. The van der Waals surface area contributed by atoms with Gasteiger partial charge < -0.3 is 39.4 Å². The van der Waals surface area contributed by atoms with E-state index in [4.69, 9.17) is 23.7 Å². The number of aliphatic hydroxyl groups is 1. The Kier molecular flexibility index (Phi) is 13.0. The van der Waals surface area contributed by atoms with Gasteiger partial charge in [0, 0.05) is 17.8 Å². The molecule has 0 unspecified atom stereocenters. The second-order valence-corrected chi connectivity index (χ2v) is 11.6. The summed E-state index contributed by atoms with van der Waals surface area (Å²) in [7, 11) is 1.26. The van der Waals surface area contributed by atoms with Gasteiger partial charge in [-0.2, -0.15) is 5.10 Å². The van der Waals surface area contributed by atoms with Gasteiger partial charge in [-0.1, -0.05) is 6.07 Å².